The van der Waals surface area contributed by atoms with Gasteiger partial charge in [-0.1, -0.05) is 0 Å². The van der Waals surface area contributed by atoms with Gasteiger partial charge in [-0.15, -0.1) is 12.4 Å². The molecule has 0 spiro atoms. The van der Waals surface area contributed by atoms with E-state index in [-0.39, 0.29) is 25.1 Å². The molecule has 126 valence electrons. The summed E-state index contributed by atoms with van der Waals surface area (Å²) in [7, 11) is 3.33. The van der Waals surface area contributed by atoms with Crippen LogP contribution in [0.3, 0.4) is 0 Å². The normalized spacial score (nSPS) is 16.7. The Morgan fingerprint density at radius 1 is 1.23 bits per heavy atom. The number of halogens is 2. The SMILES string of the molecule is COc1cc([C@@H](CCO)N2CCNCC2)c(OC)cc1Br.Cl. The molecule has 5 nitrogen and oxygen atoms in total. The standard InChI is InChI=1S/C15H23BrN2O3.ClH/c1-20-14-10-12(16)15(21-2)9-11(14)13(3-8-19)18-6-4-17-5-7-18;/h9-10,13,17,19H,3-8H2,1-2H3;1H/t13-;/m1./s1. The monoisotopic (exact) mass is 394 g/mol. The lowest BCUT2D eigenvalue weighted by Crippen LogP contribution is -2.45. The molecule has 0 amide bonds. The van der Waals surface area contributed by atoms with E-state index in [0.717, 1.165) is 47.7 Å². The molecule has 2 N–H and O–H groups in total. The second-order valence-corrected chi connectivity index (χ2v) is 5.90. The van der Waals surface area contributed by atoms with E-state index < -0.39 is 0 Å². The first kappa shape index (κ1) is 19.5. The molecule has 1 saturated heterocycles. The molecule has 0 bridgehead atoms. The van der Waals surface area contributed by atoms with Crippen LogP contribution in [0.2, 0.25) is 0 Å². The molecule has 7 heteroatoms. The van der Waals surface area contributed by atoms with Crippen LogP contribution in [0.5, 0.6) is 11.5 Å². The number of rotatable bonds is 6. The first-order valence-corrected chi connectivity index (χ1v) is 7.97. The van der Waals surface area contributed by atoms with E-state index in [9.17, 15) is 5.11 Å². The number of nitrogens with one attached hydrogen (secondary N) is 1. The lowest BCUT2D eigenvalue weighted by Gasteiger charge is -2.35. The summed E-state index contributed by atoms with van der Waals surface area (Å²) in [4.78, 5) is 2.39. The predicted molar refractivity (Wildman–Crippen MR) is 93.4 cm³/mol. The van der Waals surface area contributed by atoms with Gasteiger partial charge < -0.3 is 19.9 Å². The first-order chi connectivity index (χ1) is 10.2. The van der Waals surface area contributed by atoms with Gasteiger partial charge in [0.15, 0.2) is 0 Å². The number of nitrogens with zero attached hydrogens (tertiary/aromatic N) is 1. The summed E-state index contributed by atoms with van der Waals surface area (Å²) in [6.07, 6.45) is 0.682. The van der Waals surface area contributed by atoms with Gasteiger partial charge in [0, 0.05) is 44.4 Å². The van der Waals surface area contributed by atoms with Crippen molar-refractivity contribution in [3.63, 3.8) is 0 Å². The van der Waals surface area contributed by atoms with Crippen molar-refractivity contribution < 1.29 is 14.6 Å². The molecule has 0 aliphatic carbocycles. The predicted octanol–water partition coefficient (Wildman–Crippen LogP) is 2.22. The van der Waals surface area contributed by atoms with Crippen molar-refractivity contribution in [1.82, 2.24) is 10.2 Å². The summed E-state index contributed by atoms with van der Waals surface area (Å²) in [6, 6.07) is 4.07. The van der Waals surface area contributed by atoms with Crippen molar-refractivity contribution in [2.75, 3.05) is 47.0 Å². The number of methoxy groups -OCH3 is 2. The van der Waals surface area contributed by atoms with E-state index in [1.54, 1.807) is 14.2 Å². The number of hydrogen-bond acceptors (Lipinski definition) is 5. The van der Waals surface area contributed by atoms with E-state index >= 15 is 0 Å². The van der Waals surface area contributed by atoms with Crippen LogP contribution in [0.25, 0.3) is 0 Å². The first-order valence-electron chi connectivity index (χ1n) is 7.18. The quantitative estimate of drug-likeness (QED) is 0.773. The molecule has 1 aliphatic heterocycles. The number of ether oxygens (including phenoxy) is 2. The van der Waals surface area contributed by atoms with Crippen LogP contribution in [0.1, 0.15) is 18.0 Å². The second-order valence-electron chi connectivity index (χ2n) is 5.04. The number of aliphatic hydroxyl groups excluding tert-OH is 1. The largest absolute Gasteiger partial charge is 0.496 e. The van der Waals surface area contributed by atoms with Gasteiger partial charge in [-0.2, -0.15) is 0 Å². The van der Waals surface area contributed by atoms with E-state index in [1.165, 1.54) is 0 Å². The van der Waals surface area contributed by atoms with Crippen LogP contribution in [0.15, 0.2) is 16.6 Å². The fourth-order valence-electron chi connectivity index (χ4n) is 2.80. The van der Waals surface area contributed by atoms with Gasteiger partial charge in [0.2, 0.25) is 0 Å². The van der Waals surface area contributed by atoms with Crippen LogP contribution < -0.4 is 14.8 Å². The minimum absolute atomic E-state index is 0. The third-order valence-electron chi connectivity index (χ3n) is 3.86. The zero-order valence-electron chi connectivity index (χ0n) is 13.0. The molecular formula is C15H24BrClN2O3. The Morgan fingerprint density at radius 3 is 2.41 bits per heavy atom. The summed E-state index contributed by atoms with van der Waals surface area (Å²) in [6.45, 7) is 4.02. The topological polar surface area (TPSA) is 54.0 Å². The minimum atomic E-state index is 0. The summed E-state index contributed by atoms with van der Waals surface area (Å²) >= 11 is 3.49. The van der Waals surface area contributed by atoms with Gasteiger partial charge >= 0.3 is 0 Å². The van der Waals surface area contributed by atoms with Crippen LogP contribution >= 0.6 is 28.3 Å². The van der Waals surface area contributed by atoms with Gasteiger partial charge in [-0.25, -0.2) is 0 Å². The minimum Gasteiger partial charge on any atom is -0.496 e. The van der Waals surface area contributed by atoms with Crippen molar-refractivity contribution >= 4 is 28.3 Å². The molecule has 0 radical (unpaired) electrons. The summed E-state index contributed by atoms with van der Waals surface area (Å²) < 4.78 is 11.8. The van der Waals surface area contributed by atoms with Crippen molar-refractivity contribution in [3.05, 3.63) is 22.2 Å². The van der Waals surface area contributed by atoms with Crippen molar-refractivity contribution in [2.45, 2.75) is 12.5 Å². The third kappa shape index (κ3) is 4.49. The third-order valence-corrected chi connectivity index (χ3v) is 4.48. The Balaban J connectivity index is 0.00000242. The van der Waals surface area contributed by atoms with Gasteiger partial charge in [-0.3, -0.25) is 4.90 Å². The van der Waals surface area contributed by atoms with Crippen LogP contribution in [0, 0.1) is 0 Å². The van der Waals surface area contributed by atoms with Gasteiger partial charge in [0.25, 0.3) is 0 Å². The fourth-order valence-corrected chi connectivity index (χ4v) is 3.28. The van der Waals surface area contributed by atoms with Gasteiger partial charge in [0.1, 0.15) is 11.5 Å². The smallest absolute Gasteiger partial charge is 0.133 e. The maximum atomic E-state index is 9.45. The average molecular weight is 396 g/mol. The maximum Gasteiger partial charge on any atom is 0.133 e. The lowest BCUT2D eigenvalue weighted by atomic mass is 10.00. The van der Waals surface area contributed by atoms with Crippen LogP contribution in [0.4, 0.5) is 0 Å². The van der Waals surface area contributed by atoms with Crippen LogP contribution in [-0.2, 0) is 0 Å². The van der Waals surface area contributed by atoms with E-state index in [1.807, 2.05) is 12.1 Å². The fraction of sp³-hybridized carbons (Fsp3) is 0.600. The molecule has 0 unspecified atom stereocenters. The molecular weight excluding hydrogens is 372 g/mol. The maximum absolute atomic E-state index is 9.45. The Hall–Kier alpha value is -0.530. The number of hydrogen-bond donors (Lipinski definition) is 2. The molecule has 1 atom stereocenters. The highest BCUT2D eigenvalue weighted by molar-refractivity contribution is 9.10. The summed E-state index contributed by atoms with van der Waals surface area (Å²) in [5, 5.41) is 12.8. The van der Waals surface area contributed by atoms with Gasteiger partial charge in [0.05, 0.1) is 18.7 Å². The van der Waals surface area contributed by atoms with Crippen molar-refractivity contribution in [1.29, 1.82) is 0 Å². The van der Waals surface area contributed by atoms with E-state index in [0.29, 0.717) is 6.42 Å². The average Bonchev–Trinajstić information content (AvgIpc) is 2.53. The van der Waals surface area contributed by atoms with Crippen LogP contribution in [-0.4, -0.2) is 57.0 Å². The molecule has 0 saturated carbocycles. The molecule has 2 rings (SSSR count). The molecule has 1 aromatic carbocycles. The van der Waals surface area contributed by atoms with E-state index in [4.69, 9.17) is 9.47 Å². The molecule has 0 aromatic heterocycles. The van der Waals surface area contributed by atoms with Gasteiger partial charge in [-0.05, 0) is 34.5 Å². The highest BCUT2D eigenvalue weighted by Gasteiger charge is 2.25. The molecule has 22 heavy (non-hydrogen) atoms. The van der Waals surface area contributed by atoms with Crippen molar-refractivity contribution in [2.24, 2.45) is 0 Å². The molecule has 1 aromatic rings. The Labute approximate surface area is 146 Å². The lowest BCUT2D eigenvalue weighted by molar-refractivity contribution is 0.138. The highest BCUT2D eigenvalue weighted by atomic mass is 79.9. The Morgan fingerprint density at radius 2 is 1.86 bits per heavy atom. The Bertz CT molecular complexity index is 470. The zero-order chi connectivity index (χ0) is 15.2. The summed E-state index contributed by atoms with van der Waals surface area (Å²) in [5.74, 6) is 1.60. The second kappa shape index (κ2) is 9.57. The highest BCUT2D eigenvalue weighted by Crippen LogP contribution is 2.39. The summed E-state index contributed by atoms with van der Waals surface area (Å²) in [5.41, 5.74) is 1.06. The Kier molecular flexibility index (Phi) is 8.49. The number of aliphatic hydroxyl groups is 1. The molecule has 1 heterocycles. The van der Waals surface area contributed by atoms with Crippen molar-refractivity contribution in [3.8, 4) is 11.5 Å². The number of benzene rings is 1. The van der Waals surface area contributed by atoms with E-state index in [2.05, 4.69) is 26.1 Å². The number of piperazine rings is 1. The molecule has 1 fully saturated rings. The molecule has 1 aliphatic rings. The zero-order valence-corrected chi connectivity index (χ0v) is 15.4.